The quantitative estimate of drug-likeness (QED) is 0.679. The molecule has 2 rings (SSSR count). The van der Waals surface area contributed by atoms with Crippen LogP contribution >= 0.6 is 0 Å². The number of nitrogens with zero attached hydrogens (tertiary/aromatic N) is 1. The van der Waals surface area contributed by atoms with Crippen molar-refractivity contribution in [2.45, 2.75) is 44.9 Å². The molecule has 7 heteroatoms. The van der Waals surface area contributed by atoms with Crippen LogP contribution in [-0.2, 0) is 0 Å². The van der Waals surface area contributed by atoms with Crippen LogP contribution in [0.3, 0.4) is 0 Å². The second-order valence-corrected chi connectivity index (χ2v) is 6.35. The SMILES string of the molecule is CC(C)N(CCNC(=O)NCC(O)c1c(F)cccc1F)C1CC1. The Morgan fingerprint density at radius 1 is 1.29 bits per heavy atom. The van der Waals surface area contributed by atoms with Gasteiger partial charge in [0.25, 0.3) is 0 Å². The number of amides is 2. The summed E-state index contributed by atoms with van der Waals surface area (Å²) < 4.78 is 27.1. The molecular weight excluding hydrogens is 316 g/mol. The van der Waals surface area contributed by atoms with Crippen molar-refractivity contribution in [2.75, 3.05) is 19.6 Å². The zero-order valence-electron chi connectivity index (χ0n) is 14.1. The van der Waals surface area contributed by atoms with Gasteiger partial charge in [-0.05, 0) is 38.8 Å². The topological polar surface area (TPSA) is 64.6 Å². The van der Waals surface area contributed by atoms with E-state index in [2.05, 4.69) is 29.4 Å². The molecule has 1 saturated carbocycles. The molecular formula is C17H25F2N3O2. The zero-order valence-corrected chi connectivity index (χ0v) is 14.1. The summed E-state index contributed by atoms with van der Waals surface area (Å²) in [7, 11) is 0. The number of rotatable bonds is 8. The molecule has 1 aliphatic carbocycles. The maximum absolute atomic E-state index is 13.5. The third-order valence-electron chi connectivity index (χ3n) is 4.12. The van der Waals surface area contributed by atoms with Crippen molar-refractivity contribution in [3.8, 4) is 0 Å². The largest absolute Gasteiger partial charge is 0.386 e. The summed E-state index contributed by atoms with van der Waals surface area (Å²) >= 11 is 0. The number of aliphatic hydroxyl groups is 1. The molecule has 0 aliphatic heterocycles. The summed E-state index contributed by atoms with van der Waals surface area (Å²) in [6.07, 6.45) is 0.964. The van der Waals surface area contributed by atoms with Crippen molar-refractivity contribution in [2.24, 2.45) is 0 Å². The first-order valence-electron chi connectivity index (χ1n) is 8.29. The number of nitrogens with one attached hydrogen (secondary N) is 2. The van der Waals surface area contributed by atoms with Crippen molar-refractivity contribution in [1.82, 2.24) is 15.5 Å². The van der Waals surface area contributed by atoms with Crippen LogP contribution in [0, 0.1) is 11.6 Å². The molecule has 1 atom stereocenters. The van der Waals surface area contributed by atoms with Crippen LogP contribution in [0.5, 0.6) is 0 Å². The number of carbonyl (C=O) groups is 1. The Labute approximate surface area is 141 Å². The van der Waals surface area contributed by atoms with Gasteiger partial charge in [-0.1, -0.05) is 6.07 Å². The molecule has 5 nitrogen and oxygen atoms in total. The molecule has 2 amide bonds. The first-order valence-corrected chi connectivity index (χ1v) is 8.29. The van der Waals surface area contributed by atoms with Gasteiger partial charge in [0.1, 0.15) is 17.7 Å². The van der Waals surface area contributed by atoms with Gasteiger partial charge in [0.05, 0.1) is 5.56 Å². The molecule has 0 radical (unpaired) electrons. The van der Waals surface area contributed by atoms with Gasteiger partial charge in [-0.2, -0.15) is 0 Å². The molecule has 1 fully saturated rings. The lowest BCUT2D eigenvalue weighted by molar-refractivity contribution is 0.163. The second-order valence-electron chi connectivity index (χ2n) is 6.35. The van der Waals surface area contributed by atoms with Crippen molar-refractivity contribution in [1.29, 1.82) is 0 Å². The lowest BCUT2D eigenvalue weighted by Gasteiger charge is -2.26. The van der Waals surface area contributed by atoms with E-state index in [0.717, 1.165) is 18.7 Å². The van der Waals surface area contributed by atoms with Gasteiger partial charge in [0.15, 0.2) is 0 Å². The molecule has 0 heterocycles. The summed E-state index contributed by atoms with van der Waals surface area (Å²) in [5.41, 5.74) is -0.433. The Balaban J connectivity index is 1.73. The molecule has 1 aliphatic rings. The van der Waals surface area contributed by atoms with E-state index in [1.165, 1.54) is 18.9 Å². The van der Waals surface area contributed by atoms with Crippen LogP contribution in [0.1, 0.15) is 38.4 Å². The Kier molecular flexibility index (Phi) is 6.51. The molecule has 0 bridgehead atoms. The van der Waals surface area contributed by atoms with Crippen molar-refractivity contribution < 1.29 is 18.7 Å². The number of aliphatic hydroxyl groups excluding tert-OH is 1. The van der Waals surface area contributed by atoms with Crippen LogP contribution in [-0.4, -0.2) is 47.8 Å². The van der Waals surface area contributed by atoms with E-state index in [9.17, 15) is 18.7 Å². The van der Waals surface area contributed by atoms with E-state index in [-0.39, 0.29) is 6.54 Å². The van der Waals surface area contributed by atoms with Crippen molar-refractivity contribution in [3.05, 3.63) is 35.4 Å². The highest BCUT2D eigenvalue weighted by Crippen LogP contribution is 2.27. The lowest BCUT2D eigenvalue weighted by Crippen LogP contribution is -2.43. The average molecular weight is 341 g/mol. The van der Waals surface area contributed by atoms with Gasteiger partial charge in [0, 0.05) is 31.7 Å². The van der Waals surface area contributed by atoms with E-state index in [4.69, 9.17) is 0 Å². The summed E-state index contributed by atoms with van der Waals surface area (Å²) in [6.45, 7) is 5.21. The normalized spacial score (nSPS) is 15.6. The molecule has 0 saturated heterocycles. The van der Waals surface area contributed by atoms with Crippen LogP contribution in [0.15, 0.2) is 18.2 Å². The molecule has 1 unspecified atom stereocenters. The number of urea groups is 1. The molecule has 134 valence electrons. The average Bonchev–Trinajstić information content (AvgIpc) is 3.33. The summed E-state index contributed by atoms with van der Waals surface area (Å²) in [5, 5.41) is 15.0. The fourth-order valence-corrected chi connectivity index (χ4v) is 2.75. The fourth-order valence-electron chi connectivity index (χ4n) is 2.75. The first-order chi connectivity index (χ1) is 11.4. The van der Waals surface area contributed by atoms with E-state index in [0.29, 0.717) is 18.6 Å². The number of halogens is 2. The highest BCUT2D eigenvalue weighted by atomic mass is 19.1. The Hall–Kier alpha value is -1.73. The van der Waals surface area contributed by atoms with Crippen molar-refractivity contribution in [3.63, 3.8) is 0 Å². The highest BCUT2D eigenvalue weighted by molar-refractivity contribution is 5.73. The fraction of sp³-hybridized carbons (Fsp3) is 0.588. The van der Waals surface area contributed by atoms with E-state index < -0.39 is 29.3 Å². The molecule has 3 N–H and O–H groups in total. The van der Waals surface area contributed by atoms with E-state index in [1.54, 1.807) is 0 Å². The Morgan fingerprint density at radius 3 is 2.46 bits per heavy atom. The van der Waals surface area contributed by atoms with E-state index >= 15 is 0 Å². The lowest BCUT2D eigenvalue weighted by atomic mass is 10.1. The third-order valence-corrected chi connectivity index (χ3v) is 4.12. The minimum absolute atomic E-state index is 0.264. The molecule has 1 aromatic rings. The molecule has 24 heavy (non-hydrogen) atoms. The van der Waals surface area contributed by atoms with Gasteiger partial charge in [-0.25, -0.2) is 13.6 Å². The number of hydrogen-bond acceptors (Lipinski definition) is 3. The van der Waals surface area contributed by atoms with Gasteiger partial charge in [0.2, 0.25) is 0 Å². The van der Waals surface area contributed by atoms with Crippen LogP contribution in [0.2, 0.25) is 0 Å². The smallest absolute Gasteiger partial charge is 0.314 e. The highest BCUT2D eigenvalue weighted by Gasteiger charge is 2.30. The molecule has 0 spiro atoms. The minimum atomic E-state index is -1.43. The summed E-state index contributed by atoms with van der Waals surface area (Å²) in [6, 6.07) is 3.93. The number of hydrogen-bond donors (Lipinski definition) is 3. The van der Waals surface area contributed by atoms with Gasteiger partial charge in [-0.15, -0.1) is 0 Å². The monoisotopic (exact) mass is 341 g/mol. The van der Waals surface area contributed by atoms with Crippen LogP contribution in [0.25, 0.3) is 0 Å². The van der Waals surface area contributed by atoms with E-state index in [1.807, 2.05) is 0 Å². The zero-order chi connectivity index (χ0) is 17.7. The minimum Gasteiger partial charge on any atom is -0.386 e. The van der Waals surface area contributed by atoms with Gasteiger partial charge < -0.3 is 15.7 Å². The predicted octanol–water partition coefficient (Wildman–Crippen LogP) is 2.17. The van der Waals surface area contributed by atoms with Crippen LogP contribution in [0.4, 0.5) is 13.6 Å². The maximum atomic E-state index is 13.5. The number of carbonyl (C=O) groups excluding carboxylic acids is 1. The maximum Gasteiger partial charge on any atom is 0.314 e. The van der Waals surface area contributed by atoms with Gasteiger partial charge in [-0.3, -0.25) is 4.90 Å². The predicted molar refractivity (Wildman–Crippen MR) is 87.6 cm³/mol. The van der Waals surface area contributed by atoms with Gasteiger partial charge >= 0.3 is 6.03 Å². The van der Waals surface area contributed by atoms with Crippen molar-refractivity contribution >= 4 is 6.03 Å². The summed E-state index contributed by atoms with van der Waals surface area (Å²) in [5.74, 6) is -1.66. The molecule has 1 aromatic carbocycles. The molecule has 0 aromatic heterocycles. The van der Waals surface area contributed by atoms with Crippen LogP contribution < -0.4 is 10.6 Å². The standard InChI is InChI=1S/C17H25F2N3O2/c1-11(2)22(12-6-7-12)9-8-20-17(24)21-10-15(23)16-13(18)4-3-5-14(16)19/h3-5,11-12,15,23H,6-10H2,1-2H3,(H2,20,21,24). The Morgan fingerprint density at radius 2 is 1.92 bits per heavy atom. The first kappa shape index (κ1) is 18.6. The third kappa shape index (κ3) is 5.14. The summed E-state index contributed by atoms with van der Waals surface area (Å²) in [4.78, 5) is 14.1. The Bertz CT molecular complexity index is 543. The number of benzene rings is 1. The second kappa shape index (κ2) is 8.39.